The normalized spacial score (nSPS) is 11.1. The number of carbonyl (C=O) groups is 1. The Morgan fingerprint density at radius 3 is 2.35 bits per heavy atom. The molecule has 2 aromatic rings. The molecule has 6 nitrogen and oxygen atoms in total. The molecule has 0 atom stereocenters. The maximum atomic E-state index is 12.9. The van der Waals surface area contributed by atoms with Gasteiger partial charge in [-0.25, -0.2) is 17.9 Å². The van der Waals surface area contributed by atoms with Gasteiger partial charge in [0, 0.05) is 7.05 Å². The van der Waals surface area contributed by atoms with Crippen LogP contribution in [0.3, 0.4) is 0 Å². The van der Waals surface area contributed by atoms with Gasteiger partial charge in [-0.15, -0.1) is 0 Å². The van der Waals surface area contributed by atoms with E-state index in [-0.39, 0.29) is 16.1 Å². The third-order valence-electron chi connectivity index (χ3n) is 3.09. The van der Waals surface area contributed by atoms with Gasteiger partial charge in [0.05, 0.1) is 23.3 Å². The van der Waals surface area contributed by atoms with Crippen LogP contribution in [0.2, 0.25) is 0 Å². The van der Waals surface area contributed by atoms with Crippen LogP contribution in [-0.2, 0) is 14.9 Å². The molecule has 0 bridgehead atoms. The summed E-state index contributed by atoms with van der Waals surface area (Å²) >= 11 is 0. The van der Waals surface area contributed by atoms with E-state index < -0.39 is 21.7 Å². The van der Waals surface area contributed by atoms with Crippen molar-refractivity contribution in [3.05, 3.63) is 59.9 Å². The zero-order valence-corrected chi connectivity index (χ0v) is 13.3. The minimum Gasteiger partial charge on any atom is -0.279 e. The minimum absolute atomic E-state index is 0.103. The van der Waals surface area contributed by atoms with Gasteiger partial charge in [-0.05, 0) is 36.4 Å². The Bertz CT molecular complexity index is 806. The van der Waals surface area contributed by atoms with Crippen LogP contribution in [0, 0.1) is 5.82 Å². The highest BCUT2D eigenvalue weighted by Crippen LogP contribution is 2.21. The van der Waals surface area contributed by atoms with Crippen molar-refractivity contribution in [3.8, 4) is 0 Å². The first-order chi connectivity index (χ1) is 10.8. The van der Waals surface area contributed by atoms with E-state index in [1.54, 1.807) is 12.1 Å². The Morgan fingerprint density at radius 1 is 1.13 bits per heavy atom. The molecule has 23 heavy (non-hydrogen) atoms. The van der Waals surface area contributed by atoms with E-state index in [0.717, 1.165) is 29.3 Å². The Labute approximate surface area is 133 Å². The lowest BCUT2D eigenvalue weighted by atomic mass is 10.2. The fourth-order valence-corrected chi connectivity index (χ4v) is 2.91. The molecule has 2 aromatic carbocycles. The number of anilines is 1. The van der Waals surface area contributed by atoms with Crippen molar-refractivity contribution in [2.75, 3.05) is 18.9 Å². The molecule has 122 valence electrons. The number of nitrogens with one attached hydrogen (secondary N) is 1. The van der Waals surface area contributed by atoms with Crippen molar-refractivity contribution in [2.45, 2.75) is 4.90 Å². The van der Waals surface area contributed by atoms with Crippen LogP contribution in [0.25, 0.3) is 0 Å². The molecular weight excluding hydrogens is 323 g/mol. The molecule has 0 spiro atoms. The van der Waals surface area contributed by atoms with E-state index in [0.29, 0.717) is 0 Å². The number of amides is 1. The number of hydroxylamine groups is 2. The summed E-state index contributed by atoms with van der Waals surface area (Å²) in [6.45, 7) is 0. The highest BCUT2D eigenvalue weighted by Gasteiger charge is 2.20. The Morgan fingerprint density at radius 2 is 1.74 bits per heavy atom. The molecule has 0 fully saturated rings. The monoisotopic (exact) mass is 338 g/mol. The second-order valence-corrected chi connectivity index (χ2v) is 6.27. The van der Waals surface area contributed by atoms with Crippen molar-refractivity contribution in [1.82, 2.24) is 5.06 Å². The number of carbonyl (C=O) groups excluding carboxylic acids is 1. The predicted molar refractivity (Wildman–Crippen MR) is 82.8 cm³/mol. The molecule has 0 saturated heterocycles. The summed E-state index contributed by atoms with van der Waals surface area (Å²) in [5.41, 5.74) is 0.230. The number of rotatable bonds is 5. The zero-order valence-electron chi connectivity index (χ0n) is 12.5. The smallest absolute Gasteiger partial charge is 0.279 e. The maximum Gasteiger partial charge on any atom is 0.279 e. The lowest BCUT2D eigenvalue weighted by Gasteiger charge is -2.17. The second kappa shape index (κ2) is 6.76. The van der Waals surface area contributed by atoms with Gasteiger partial charge < -0.3 is 0 Å². The van der Waals surface area contributed by atoms with Crippen molar-refractivity contribution in [2.24, 2.45) is 0 Å². The average Bonchev–Trinajstić information content (AvgIpc) is 2.54. The summed E-state index contributed by atoms with van der Waals surface area (Å²) in [5, 5.41) is 0.977. The van der Waals surface area contributed by atoms with Crippen LogP contribution in [0.5, 0.6) is 0 Å². The van der Waals surface area contributed by atoms with Gasteiger partial charge in [-0.3, -0.25) is 14.4 Å². The molecule has 0 aliphatic rings. The SMILES string of the molecule is CON(C)C(=O)c1ccccc1NS(=O)(=O)c1ccc(F)cc1. The van der Waals surface area contributed by atoms with Crippen molar-refractivity contribution in [1.29, 1.82) is 0 Å². The summed E-state index contributed by atoms with van der Waals surface area (Å²) in [5.74, 6) is -1.05. The van der Waals surface area contributed by atoms with Crippen LogP contribution in [0.4, 0.5) is 10.1 Å². The fourth-order valence-electron chi connectivity index (χ4n) is 1.83. The largest absolute Gasteiger partial charge is 0.279 e. The van der Waals surface area contributed by atoms with Gasteiger partial charge >= 0.3 is 0 Å². The Kier molecular flexibility index (Phi) is 4.97. The molecule has 0 aliphatic carbocycles. The molecule has 0 heterocycles. The van der Waals surface area contributed by atoms with E-state index in [9.17, 15) is 17.6 Å². The topological polar surface area (TPSA) is 75.7 Å². The van der Waals surface area contributed by atoms with E-state index in [4.69, 9.17) is 4.84 Å². The fraction of sp³-hybridized carbons (Fsp3) is 0.133. The number of para-hydroxylation sites is 1. The molecule has 0 radical (unpaired) electrons. The first kappa shape index (κ1) is 16.9. The van der Waals surface area contributed by atoms with Crippen molar-refractivity contribution < 1.29 is 22.4 Å². The highest BCUT2D eigenvalue weighted by molar-refractivity contribution is 7.92. The predicted octanol–water partition coefficient (Wildman–Crippen LogP) is 2.26. The summed E-state index contributed by atoms with van der Waals surface area (Å²) in [7, 11) is -1.21. The van der Waals surface area contributed by atoms with Gasteiger partial charge in [-0.1, -0.05) is 12.1 Å². The summed E-state index contributed by atoms with van der Waals surface area (Å²) < 4.78 is 39.9. The number of halogens is 1. The van der Waals surface area contributed by atoms with Gasteiger partial charge in [0.15, 0.2) is 0 Å². The number of sulfonamides is 1. The maximum absolute atomic E-state index is 12.9. The first-order valence-corrected chi connectivity index (χ1v) is 8.03. The van der Waals surface area contributed by atoms with E-state index >= 15 is 0 Å². The van der Waals surface area contributed by atoms with Crippen molar-refractivity contribution >= 4 is 21.6 Å². The number of hydrogen-bond donors (Lipinski definition) is 1. The number of hydrogen-bond acceptors (Lipinski definition) is 4. The highest BCUT2D eigenvalue weighted by atomic mass is 32.2. The lowest BCUT2D eigenvalue weighted by molar-refractivity contribution is -0.0756. The van der Waals surface area contributed by atoms with E-state index in [1.807, 2.05) is 0 Å². The molecule has 0 aromatic heterocycles. The van der Waals surface area contributed by atoms with Crippen LogP contribution < -0.4 is 4.72 Å². The van der Waals surface area contributed by atoms with Gasteiger partial charge in [-0.2, -0.15) is 0 Å². The van der Waals surface area contributed by atoms with Gasteiger partial charge in [0.2, 0.25) is 0 Å². The molecule has 0 unspecified atom stereocenters. The van der Waals surface area contributed by atoms with Crippen molar-refractivity contribution in [3.63, 3.8) is 0 Å². The Hall–Kier alpha value is -2.45. The van der Waals surface area contributed by atoms with E-state index in [1.165, 1.54) is 26.3 Å². The van der Waals surface area contributed by atoms with Crippen LogP contribution in [0.1, 0.15) is 10.4 Å². The molecule has 0 saturated carbocycles. The molecule has 2 rings (SSSR count). The van der Waals surface area contributed by atoms with Gasteiger partial charge in [0.25, 0.3) is 15.9 Å². The number of benzene rings is 2. The molecule has 8 heteroatoms. The summed E-state index contributed by atoms with van der Waals surface area (Å²) in [6, 6.07) is 10.5. The van der Waals surface area contributed by atoms with Crippen LogP contribution >= 0.6 is 0 Å². The van der Waals surface area contributed by atoms with Crippen LogP contribution in [-0.4, -0.2) is 33.5 Å². The second-order valence-electron chi connectivity index (χ2n) is 4.59. The summed E-state index contributed by atoms with van der Waals surface area (Å²) in [4.78, 5) is 16.9. The van der Waals surface area contributed by atoms with Gasteiger partial charge in [0.1, 0.15) is 5.82 Å². The third kappa shape index (κ3) is 3.85. The molecular formula is C15H15FN2O4S. The number of nitrogens with zero attached hydrogens (tertiary/aromatic N) is 1. The van der Waals surface area contributed by atoms with Crippen LogP contribution in [0.15, 0.2) is 53.4 Å². The third-order valence-corrected chi connectivity index (χ3v) is 4.47. The van der Waals surface area contributed by atoms with E-state index in [2.05, 4.69) is 4.72 Å². The zero-order chi connectivity index (χ0) is 17.0. The minimum atomic E-state index is -3.95. The lowest BCUT2D eigenvalue weighted by Crippen LogP contribution is -2.27. The first-order valence-electron chi connectivity index (χ1n) is 6.55. The standard InChI is InChI=1S/C15H15FN2O4S/c1-18(22-2)15(19)13-5-3-4-6-14(13)17-23(20,21)12-9-7-11(16)8-10-12/h3-10,17H,1-2H3. The average molecular weight is 338 g/mol. The molecule has 1 N–H and O–H groups in total. The summed E-state index contributed by atoms with van der Waals surface area (Å²) in [6.07, 6.45) is 0. The Balaban J connectivity index is 2.37. The molecule has 0 aliphatic heterocycles. The molecule has 1 amide bonds. The quantitative estimate of drug-likeness (QED) is 0.849.